The smallest absolute Gasteiger partial charge is 0.276 e. The lowest BCUT2D eigenvalue weighted by atomic mass is 10.2. The van der Waals surface area contributed by atoms with Crippen molar-refractivity contribution in [3.63, 3.8) is 0 Å². The quantitative estimate of drug-likeness (QED) is 0.421. The summed E-state index contributed by atoms with van der Waals surface area (Å²) in [5.74, 6) is 0.249. The first-order chi connectivity index (χ1) is 16.4. The second-order valence-corrected chi connectivity index (χ2v) is 7.20. The lowest BCUT2D eigenvalue weighted by Gasteiger charge is -2.10. The number of amides is 3. The second kappa shape index (κ2) is 11.9. The summed E-state index contributed by atoms with van der Waals surface area (Å²) < 4.78 is 15.9. The van der Waals surface area contributed by atoms with Gasteiger partial charge in [0.15, 0.2) is 13.2 Å². The summed E-state index contributed by atoms with van der Waals surface area (Å²) >= 11 is 0. The van der Waals surface area contributed by atoms with Gasteiger partial charge in [0, 0.05) is 17.3 Å². The molecule has 0 radical (unpaired) electrons. The minimum absolute atomic E-state index is 0.209. The number of hydrogen-bond donors (Lipinski definition) is 3. The van der Waals surface area contributed by atoms with E-state index in [9.17, 15) is 14.4 Å². The van der Waals surface area contributed by atoms with E-state index in [-0.39, 0.29) is 19.1 Å². The van der Waals surface area contributed by atoms with E-state index in [1.54, 1.807) is 55.6 Å². The molecule has 3 aromatic rings. The number of benzene rings is 3. The molecule has 0 atom stereocenters. The van der Waals surface area contributed by atoms with Gasteiger partial charge in [-0.15, -0.1) is 0 Å². The molecule has 0 saturated heterocycles. The predicted molar refractivity (Wildman–Crippen MR) is 126 cm³/mol. The van der Waals surface area contributed by atoms with Gasteiger partial charge in [0.2, 0.25) is 0 Å². The van der Waals surface area contributed by atoms with E-state index in [1.165, 1.54) is 12.1 Å². The van der Waals surface area contributed by atoms with Crippen LogP contribution < -0.4 is 30.4 Å². The molecule has 0 spiro atoms. The van der Waals surface area contributed by atoms with Gasteiger partial charge in [0.05, 0.1) is 7.11 Å². The van der Waals surface area contributed by atoms with Crippen molar-refractivity contribution in [3.05, 3.63) is 83.9 Å². The zero-order valence-corrected chi connectivity index (χ0v) is 18.8. The largest absolute Gasteiger partial charge is 0.497 e. The van der Waals surface area contributed by atoms with Crippen LogP contribution in [0.25, 0.3) is 0 Å². The molecule has 0 unspecified atom stereocenters. The maximum atomic E-state index is 12.2. The van der Waals surface area contributed by atoms with Crippen LogP contribution >= 0.6 is 0 Å². The third-order valence-electron chi connectivity index (χ3n) is 4.51. The normalized spacial score (nSPS) is 10.1. The van der Waals surface area contributed by atoms with Gasteiger partial charge < -0.3 is 19.5 Å². The van der Waals surface area contributed by atoms with Gasteiger partial charge in [0.25, 0.3) is 17.7 Å². The van der Waals surface area contributed by atoms with E-state index < -0.39 is 11.8 Å². The van der Waals surface area contributed by atoms with E-state index in [4.69, 9.17) is 14.2 Å². The lowest BCUT2D eigenvalue weighted by molar-refractivity contribution is -0.123. The highest BCUT2D eigenvalue weighted by atomic mass is 16.5. The van der Waals surface area contributed by atoms with E-state index in [0.29, 0.717) is 28.5 Å². The highest BCUT2D eigenvalue weighted by Gasteiger charge is 2.09. The molecule has 9 nitrogen and oxygen atoms in total. The maximum Gasteiger partial charge on any atom is 0.276 e. The first kappa shape index (κ1) is 24.1. The van der Waals surface area contributed by atoms with E-state index >= 15 is 0 Å². The number of aryl methyl sites for hydroxylation is 1. The molecule has 0 aliphatic carbocycles. The summed E-state index contributed by atoms with van der Waals surface area (Å²) in [5.41, 5.74) is 6.51. The molecule has 0 aliphatic rings. The highest BCUT2D eigenvalue weighted by molar-refractivity contribution is 5.95. The number of carbonyl (C=O) groups is 3. The SMILES string of the molecule is COc1cccc(NC(=O)COc2ccc(C(=O)NNC(=O)COc3cccc(C)c3)cc2)c1. The third kappa shape index (κ3) is 7.56. The zero-order chi connectivity index (χ0) is 24.3. The molecule has 0 bridgehead atoms. The topological polar surface area (TPSA) is 115 Å². The second-order valence-electron chi connectivity index (χ2n) is 7.20. The summed E-state index contributed by atoms with van der Waals surface area (Å²) in [6.45, 7) is 1.47. The van der Waals surface area contributed by atoms with Gasteiger partial charge in [0.1, 0.15) is 17.2 Å². The maximum absolute atomic E-state index is 12.2. The Morgan fingerprint density at radius 3 is 2.15 bits per heavy atom. The van der Waals surface area contributed by atoms with Crippen molar-refractivity contribution in [2.45, 2.75) is 6.92 Å². The Kier molecular flexibility index (Phi) is 8.45. The van der Waals surface area contributed by atoms with Crippen molar-refractivity contribution in [1.29, 1.82) is 0 Å². The van der Waals surface area contributed by atoms with Crippen LogP contribution in [0.2, 0.25) is 0 Å². The number of anilines is 1. The minimum Gasteiger partial charge on any atom is -0.497 e. The van der Waals surface area contributed by atoms with Crippen LogP contribution in [-0.2, 0) is 9.59 Å². The van der Waals surface area contributed by atoms with E-state index in [0.717, 1.165) is 5.56 Å². The summed E-state index contributed by atoms with van der Waals surface area (Å²) in [6.07, 6.45) is 0. The molecule has 0 aliphatic heterocycles. The molecule has 3 aromatic carbocycles. The van der Waals surface area contributed by atoms with Gasteiger partial charge in [-0.1, -0.05) is 18.2 Å². The number of rotatable bonds is 9. The monoisotopic (exact) mass is 463 g/mol. The summed E-state index contributed by atoms with van der Waals surface area (Å²) in [5, 5.41) is 2.71. The fraction of sp³-hybridized carbons (Fsp3) is 0.160. The molecule has 0 heterocycles. The fourth-order valence-electron chi connectivity index (χ4n) is 2.84. The van der Waals surface area contributed by atoms with Gasteiger partial charge in [-0.25, -0.2) is 0 Å². The number of ether oxygens (including phenoxy) is 3. The van der Waals surface area contributed by atoms with Gasteiger partial charge in [-0.3, -0.25) is 25.2 Å². The molecule has 0 fully saturated rings. The molecule has 3 rings (SSSR count). The zero-order valence-electron chi connectivity index (χ0n) is 18.8. The molecular weight excluding hydrogens is 438 g/mol. The Morgan fingerprint density at radius 2 is 1.41 bits per heavy atom. The van der Waals surface area contributed by atoms with Crippen LogP contribution in [-0.4, -0.2) is 38.0 Å². The summed E-state index contributed by atoms with van der Waals surface area (Å²) in [6, 6.07) is 20.4. The van der Waals surface area contributed by atoms with Crippen LogP contribution in [0.4, 0.5) is 5.69 Å². The Balaban J connectivity index is 1.40. The lowest BCUT2D eigenvalue weighted by Crippen LogP contribution is -2.43. The number of hydrazine groups is 1. The van der Waals surface area contributed by atoms with Crippen molar-refractivity contribution in [2.24, 2.45) is 0 Å². The average Bonchev–Trinajstić information content (AvgIpc) is 2.85. The molecule has 0 aromatic heterocycles. The van der Waals surface area contributed by atoms with Crippen LogP contribution in [0.3, 0.4) is 0 Å². The first-order valence-corrected chi connectivity index (χ1v) is 10.4. The Bertz CT molecular complexity index is 1150. The molecule has 34 heavy (non-hydrogen) atoms. The fourth-order valence-corrected chi connectivity index (χ4v) is 2.84. The molecule has 176 valence electrons. The number of methoxy groups -OCH3 is 1. The van der Waals surface area contributed by atoms with Crippen molar-refractivity contribution in [3.8, 4) is 17.2 Å². The van der Waals surface area contributed by atoms with Crippen molar-refractivity contribution >= 4 is 23.4 Å². The molecule has 9 heteroatoms. The average molecular weight is 463 g/mol. The Morgan fingerprint density at radius 1 is 0.735 bits per heavy atom. The highest BCUT2D eigenvalue weighted by Crippen LogP contribution is 2.17. The van der Waals surface area contributed by atoms with Crippen molar-refractivity contribution in [2.75, 3.05) is 25.6 Å². The minimum atomic E-state index is -0.508. The van der Waals surface area contributed by atoms with E-state index in [1.807, 2.05) is 19.1 Å². The Hall–Kier alpha value is -4.53. The molecule has 0 saturated carbocycles. The standard InChI is InChI=1S/C25H25N3O6/c1-17-5-3-8-22(13-17)34-16-24(30)27-28-25(31)18-9-11-20(12-10-18)33-15-23(29)26-19-6-4-7-21(14-19)32-2/h3-14H,15-16H2,1-2H3,(H,26,29)(H,27,30)(H,28,31). The summed E-state index contributed by atoms with van der Waals surface area (Å²) in [4.78, 5) is 36.2. The van der Waals surface area contributed by atoms with Crippen LogP contribution in [0.15, 0.2) is 72.8 Å². The van der Waals surface area contributed by atoms with Crippen LogP contribution in [0.1, 0.15) is 15.9 Å². The number of nitrogens with one attached hydrogen (secondary N) is 3. The predicted octanol–water partition coefficient (Wildman–Crippen LogP) is 2.86. The van der Waals surface area contributed by atoms with Gasteiger partial charge in [-0.05, 0) is 61.0 Å². The third-order valence-corrected chi connectivity index (χ3v) is 4.51. The Labute approximate surface area is 197 Å². The first-order valence-electron chi connectivity index (χ1n) is 10.4. The molecule has 3 N–H and O–H groups in total. The van der Waals surface area contributed by atoms with Crippen molar-refractivity contribution < 1.29 is 28.6 Å². The summed E-state index contributed by atoms with van der Waals surface area (Å²) in [7, 11) is 1.54. The number of hydrogen-bond acceptors (Lipinski definition) is 6. The molecule has 3 amide bonds. The van der Waals surface area contributed by atoms with Gasteiger partial charge in [-0.2, -0.15) is 0 Å². The number of carbonyl (C=O) groups excluding carboxylic acids is 3. The van der Waals surface area contributed by atoms with Crippen molar-refractivity contribution in [1.82, 2.24) is 10.9 Å². The van der Waals surface area contributed by atoms with Crippen LogP contribution in [0, 0.1) is 6.92 Å². The molecular formula is C25H25N3O6. The van der Waals surface area contributed by atoms with Gasteiger partial charge >= 0.3 is 0 Å². The van der Waals surface area contributed by atoms with E-state index in [2.05, 4.69) is 16.2 Å². The van der Waals surface area contributed by atoms with Crippen LogP contribution in [0.5, 0.6) is 17.2 Å².